The monoisotopic (exact) mass is 398 g/mol. The minimum Gasteiger partial charge on any atom is -0.485 e. The van der Waals surface area contributed by atoms with Gasteiger partial charge in [0.1, 0.15) is 11.9 Å². The Hall–Kier alpha value is -1.67. The number of allylic oxidation sites excluding steroid dienone is 10. The van der Waals surface area contributed by atoms with Crippen molar-refractivity contribution in [1.82, 2.24) is 0 Å². The van der Waals surface area contributed by atoms with Crippen LogP contribution in [0.5, 0.6) is 0 Å². The molecule has 1 aliphatic carbocycles. The van der Waals surface area contributed by atoms with Crippen LogP contribution in [0.25, 0.3) is 0 Å². The van der Waals surface area contributed by atoms with E-state index in [0.29, 0.717) is 0 Å². The van der Waals surface area contributed by atoms with Gasteiger partial charge in [0.15, 0.2) is 0 Å². The van der Waals surface area contributed by atoms with Crippen LogP contribution < -0.4 is 0 Å². The Morgan fingerprint density at radius 2 is 1.57 bits per heavy atom. The van der Waals surface area contributed by atoms with Gasteiger partial charge >= 0.3 is 0 Å². The van der Waals surface area contributed by atoms with Gasteiger partial charge in [0.05, 0.1) is 4.86 Å². The van der Waals surface area contributed by atoms with Gasteiger partial charge in [-0.1, -0.05) is 64.9 Å². The summed E-state index contributed by atoms with van der Waals surface area (Å²) in [5, 5.41) is 0. The Morgan fingerprint density at radius 3 is 2.14 bits per heavy atom. The molecule has 154 valence electrons. The van der Waals surface area contributed by atoms with Crippen molar-refractivity contribution in [2.24, 2.45) is 0 Å². The van der Waals surface area contributed by atoms with E-state index in [0.717, 1.165) is 49.1 Å². The number of hydrogen-bond donors (Lipinski definition) is 0. The topological polar surface area (TPSA) is 9.23 Å². The molecule has 0 spiro atoms. The van der Waals surface area contributed by atoms with Crippen molar-refractivity contribution < 1.29 is 4.74 Å². The molecule has 0 fully saturated rings. The third-order valence-electron chi connectivity index (χ3n) is 4.59. The molecule has 0 aromatic rings. The fourth-order valence-corrected chi connectivity index (χ4v) is 3.15. The van der Waals surface area contributed by atoms with Crippen LogP contribution in [-0.4, -0.2) is 11.0 Å². The first kappa shape index (κ1) is 24.4. The van der Waals surface area contributed by atoms with Crippen molar-refractivity contribution >= 4 is 17.1 Å². The van der Waals surface area contributed by atoms with Crippen LogP contribution in [0.2, 0.25) is 0 Å². The highest BCUT2D eigenvalue weighted by atomic mass is 32.1. The van der Waals surface area contributed by atoms with Crippen molar-refractivity contribution in [2.45, 2.75) is 86.2 Å². The van der Waals surface area contributed by atoms with Gasteiger partial charge in [-0.2, -0.15) is 0 Å². The Kier molecular flexibility index (Phi) is 11.7. The number of hydrogen-bond acceptors (Lipinski definition) is 2. The maximum absolute atomic E-state index is 6.32. The summed E-state index contributed by atoms with van der Waals surface area (Å²) in [7, 11) is 0. The number of rotatable bonds is 11. The maximum atomic E-state index is 6.32. The van der Waals surface area contributed by atoms with E-state index in [-0.39, 0.29) is 6.10 Å². The fourth-order valence-electron chi connectivity index (χ4n) is 2.94. The molecule has 0 saturated heterocycles. The molecule has 0 saturated carbocycles. The SMILES string of the molecule is CC(C)=CCC/C(C)=C/CC(/C=C(\C)CCC=C(C)C)OC1=CC=CCC1=S. The summed E-state index contributed by atoms with van der Waals surface area (Å²) in [4.78, 5) is 0.896. The van der Waals surface area contributed by atoms with E-state index in [2.05, 4.69) is 71.9 Å². The summed E-state index contributed by atoms with van der Waals surface area (Å²) in [5.74, 6) is 0.853. The van der Waals surface area contributed by atoms with Crippen LogP contribution in [0.15, 0.2) is 70.6 Å². The smallest absolute Gasteiger partial charge is 0.134 e. The molecule has 0 N–H and O–H groups in total. The molecule has 1 aliphatic rings. The largest absolute Gasteiger partial charge is 0.485 e. The number of ether oxygens (including phenoxy) is 1. The fraction of sp³-hybridized carbons (Fsp3) is 0.500. The summed E-state index contributed by atoms with van der Waals surface area (Å²) in [6.45, 7) is 13.0. The van der Waals surface area contributed by atoms with Gasteiger partial charge in [0, 0.05) is 12.8 Å². The molecule has 0 bridgehead atoms. The van der Waals surface area contributed by atoms with Crippen molar-refractivity contribution in [2.75, 3.05) is 0 Å². The van der Waals surface area contributed by atoms with Gasteiger partial charge in [-0.15, -0.1) is 0 Å². The van der Waals surface area contributed by atoms with E-state index in [9.17, 15) is 0 Å². The molecule has 0 radical (unpaired) electrons. The van der Waals surface area contributed by atoms with Crippen LogP contribution in [-0.2, 0) is 4.74 Å². The molecule has 1 nitrogen and oxygen atoms in total. The van der Waals surface area contributed by atoms with Crippen molar-refractivity contribution in [3.05, 3.63) is 70.6 Å². The first-order chi connectivity index (χ1) is 13.3. The summed E-state index contributed by atoms with van der Waals surface area (Å²) < 4.78 is 6.32. The third-order valence-corrected chi connectivity index (χ3v) is 4.96. The third kappa shape index (κ3) is 11.2. The first-order valence-electron chi connectivity index (χ1n) is 10.4. The lowest BCUT2D eigenvalue weighted by molar-refractivity contribution is 0.172. The summed E-state index contributed by atoms with van der Waals surface area (Å²) in [6, 6.07) is 0. The lowest BCUT2D eigenvalue weighted by Crippen LogP contribution is -2.15. The van der Waals surface area contributed by atoms with E-state index >= 15 is 0 Å². The van der Waals surface area contributed by atoms with E-state index < -0.39 is 0 Å². The van der Waals surface area contributed by atoms with Crippen molar-refractivity contribution in [3.8, 4) is 0 Å². The first-order valence-corrected chi connectivity index (χ1v) is 10.8. The molecule has 0 aliphatic heterocycles. The van der Waals surface area contributed by atoms with Gasteiger partial charge in [-0.05, 0) is 79.4 Å². The summed E-state index contributed by atoms with van der Waals surface area (Å²) in [6.07, 6.45) is 21.4. The van der Waals surface area contributed by atoms with Gasteiger partial charge in [-0.25, -0.2) is 0 Å². The van der Waals surface area contributed by atoms with Crippen LogP contribution in [0.4, 0.5) is 0 Å². The highest BCUT2D eigenvalue weighted by molar-refractivity contribution is 7.80. The van der Waals surface area contributed by atoms with Crippen molar-refractivity contribution in [3.63, 3.8) is 0 Å². The zero-order valence-corrected chi connectivity index (χ0v) is 19.5. The second-order valence-electron chi connectivity index (χ2n) is 8.18. The standard InChI is InChI=1S/C26H38OS/c1-20(2)11-9-13-22(5)17-18-24(19-23(6)14-10-12-21(3)4)27-25-15-7-8-16-26(25)28/h7-8,11-12,15,17,19,24H,9-10,13-14,16,18H2,1-6H3/b22-17+,23-19+. The minimum atomic E-state index is 0.0285. The van der Waals surface area contributed by atoms with E-state index in [1.54, 1.807) is 0 Å². The number of thiocarbonyl (C=S) groups is 1. The molecule has 28 heavy (non-hydrogen) atoms. The minimum absolute atomic E-state index is 0.0285. The quantitative estimate of drug-likeness (QED) is 0.255. The average molecular weight is 399 g/mol. The molecule has 0 amide bonds. The van der Waals surface area contributed by atoms with Gasteiger partial charge in [0.25, 0.3) is 0 Å². The van der Waals surface area contributed by atoms with E-state index in [4.69, 9.17) is 17.0 Å². The lowest BCUT2D eigenvalue weighted by Gasteiger charge is -2.20. The summed E-state index contributed by atoms with van der Waals surface area (Å²) in [5.41, 5.74) is 5.55. The lowest BCUT2D eigenvalue weighted by atomic mass is 10.0. The van der Waals surface area contributed by atoms with Crippen LogP contribution in [0.3, 0.4) is 0 Å². The van der Waals surface area contributed by atoms with Crippen LogP contribution in [0, 0.1) is 0 Å². The molecular formula is C26H38OS. The molecule has 2 heteroatoms. The zero-order chi connectivity index (χ0) is 20.9. The van der Waals surface area contributed by atoms with Gasteiger partial charge < -0.3 is 4.74 Å². The Balaban J connectivity index is 2.80. The summed E-state index contributed by atoms with van der Waals surface area (Å²) >= 11 is 5.48. The molecule has 1 atom stereocenters. The van der Waals surface area contributed by atoms with E-state index in [1.165, 1.54) is 22.3 Å². The zero-order valence-electron chi connectivity index (χ0n) is 18.7. The predicted molar refractivity (Wildman–Crippen MR) is 129 cm³/mol. The predicted octanol–water partition coefficient (Wildman–Crippen LogP) is 8.36. The second-order valence-corrected chi connectivity index (χ2v) is 8.67. The van der Waals surface area contributed by atoms with E-state index in [1.807, 2.05) is 12.2 Å². The Bertz CT molecular complexity index is 690. The van der Waals surface area contributed by atoms with Crippen molar-refractivity contribution in [1.29, 1.82) is 0 Å². The van der Waals surface area contributed by atoms with Crippen LogP contribution >= 0.6 is 12.2 Å². The molecule has 0 aromatic carbocycles. The normalized spacial score (nSPS) is 15.8. The Labute approximate surface area is 178 Å². The molecular weight excluding hydrogens is 360 g/mol. The second kappa shape index (κ2) is 13.5. The van der Waals surface area contributed by atoms with Gasteiger partial charge in [0.2, 0.25) is 0 Å². The Morgan fingerprint density at radius 1 is 0.964 bits per heavy atom. The highest BCUT2D eigenvalue weighted by Gasteiger charge is 2.13. The molecule has 0 aromatic heterocycles. The molecule has 1 unspecified atom stereocenters. The van der Waals surface area contributed by atoms with Crippen LogP contribution in [0.1, 0.15) is 80.1 Å². The average Bonchev–Trinajstić information content (AvgIpc) is 2.61. The molecule has 0 heterocycles. The highest BCUT2D eigenvalue weighted by Crippen LogP contribution is 2.20. The maximum Gasteiger partial charge on any atom is 0.134 e. The molecule has 1 rings (SSSR count). The van der Waals surface area contributed by atoms with Gasteiger partial charge in [-0.3, -0.25) is 0 Å².